The second kappa shape index (κ2) is 13.5. The second-order valence-corrected chi connectivity index (χ2v) is 11.5. The Morgan fingerprint density at radius 1 is 0.816 bits per heavy atom. The third-order valence-electron chi connectivity index (χ3n) is 8.65. The lowest BCUT2D eigenvalue weighted by Gasteiger charge is -2.39. The first kappa shape index (κ1) is 31.9. The molecule has 1 aliphatic heterocycles. The van der Waals surface area contributed by atoms with Crippen molar-refractivity contribution in [2.24, 2.45) is 0 Å². The number of benzene rings is 4. The van der Waals surface area contributed by atoms with E-state index >= 15 is 4.39 Å². The summed E-state index contributed by atoms with van der Waals surface area (Å²) in [6.45, 7) is 3.96. The van der Waals surface area contributed by atoms with E-state index in [1.807, 2.05) is 84.9 Å². The summed E-state index contributed by atoms with van der Waals surface area (Å²) in [7, 11) is 3.19. The molecule has 3 heterocycles. The Hall–Kier alpha value is -5.65. The largest absolute Gasteiger partial charge is 0.497 e. The van der Waals surface area contributed by atoms with E-state index in [1.54, 1.807) is 43.1 Å². The molecule has 1 fully saturated rings. The van der Waals surface area contributed by atoms with Crippen LogP contribution in [0.2, 0.25) is 0 Å². The topological polar surface area (TPSA) is 110 Å². The van der Waals surface area contributed by atoms with Crippen molar-refractivity contribution in [2.45, 2.75) is 30.2 Å². The summed E-state index contributed by atoms with van der Waals surface area (Å²) in [5.74, 6) is 1.15. The van der Waals surface area contributed by atoms with Crippen LogP contribution in [0.15, 0.2) is 122 Å². The first-order valence-corrected chi connectivity index (χ1v) is 15.6. The number of imidazole rings is 1. The van der Waals surface area contributed by atoms with Gasteiger partial charge < -0.3 is 24.3 Å². The highest BCUT2D eigenvalue weighted by Gasteiger charge is 2.51. The van der Waals surface area contributed by atoms with Gasteiger partial charge in [0, 0.05) is 5.56 Å². The molecule has 6 aromatic rings. The highest BCUT2D eigenvalue weighted by atomic mass is 19.1. The van der Waals surface area contributed by atoms with Gasteiger partial charge in [-0.2, -0.15) is 0 Å². The highest BCUT2D eigenvalue weighted by molar-refractivity contribution is 6.06. The predicted octanol–water partition coefficient (Wildman–Crippen LogP) is 6.54. The molecule has 4 atom stereocenters. The fraction of sp³-hybridized carbons (Fsp3) is 0.184. The predicted molar refractivity (Wildman–Crippen MR) is 181 cm³/mol. The quantitative estimate of drug-likeness (QED) is 0.165. The number of aromatic nitrogens is 4. The molecule has 49 heavy (non-hydrogen) atoms. The smallest absolute Gasteiger partial charge is 0.256 e. The zero-order valence-electron chi connectivity index (χ0n) is 26.8. The Morgan fingerprint density at radius 3 is 1.98 bits per heavy atom. The van der Waals surface area contributed by atoms with Crippen molar-refractivity contribution in [2.75, 3.05) is 19.5 Å². The minimum absolute atomic E-state index is 0.200. The Bertz CT molecular complexity index is 1990. The van der Waals surface area contributed by atoms with Crippen molar-refractivity contribution in [3.05, 3.63) is 151 Å². The average molecular weight is 659 g/mol. The first-order chi connectivity index (χ1) is 23.9. The maximum Gasteiger partial charge on any atom is 0.256 e. The number of hydrogen-bond donors (Lipinski definition) is 1. The number of anilines is 1. The van der Waals surface area contributed by atoms with Crippen LogP contribution >= 0.6 is 0 Å². The second-order valence-electron chi connectivity index (χ2n) is 11.5. The number of amides is 1. The van der Waals surface area contributed by atoms with Gasteiger partial charge in [-0.15, -0.1) is 0 Å². The van der Waals surface area contributed by atoms with Crippen molar-refractivity contribution in [3.63, 3.8) is 0 Å². The molecule has 4 aromatic carbocycles. The molecule has 0 unspecified atom stereocenters. The number of nitrogens with one attached hydrogen (secondary N) is 1. The lowest BCUT2D eigenvalue weighted by Crippen LogP contribution is -2.42. The number of alkyl halides is 1. The maximum atomic E-state index is 16.5. The molecule has 1 N–H and O–H groups in total. The molecule has 1 aliphatic rings. The van der Waals surface area contributed by atoms with Crippen molar-refractivity contribution in [1.82, 2.24) is 19.5 Å². The van der Waals surface area contributed by atoms with Gasteiger partial charge in [0.25, 0.3) is 5.91 Å². The van der Waals surface area contributed by atoms with E-state index in [4.69, 9.17) is 18.9 Å². The van der Waals surface area contributed by atoms with Gasteiger partial charge in [-0.05, 0) is 60.0 Å². The van der Waals surface area contributed by atoms with Crippen LogP contribution in [0.5, 0.6) is 11.5 Å². The van der Waals surface area contributed by atoms with Crippen molar-refractivity contribution >= 4 is 22.9 Å². The summed E-state index contributed by atoms with van der Waals surface area (Å²) in [6, 6.07) is 33.3. The van der Waals surface area contributed by atoms with Crippen molar-refractivity contribution < 1.29 is 28.1 Å². The van der Waals surface area contributed by atoms with Gasteiger partial charge in [0.1, 0.15) is 29.5 Å². The summed E-state index contributed by atoms with van der Waals surface area (Å²) in [4.78, 5) is 26.2. The molecule has 1 saturated heterocycles. The average Bonchev–Trinajstić information content (AvgIpc) is 3.71. The number of nitrogens with zero attached hydrogens (tertiary/aromatic N) is 4. The fourth-order valence-electron chi connectivity index (χ4n) is 6.18. The number of carbonyl (C=O) groups is 1. The highest BCUT2D eigenvalue weighted by Crippen LogP contribution is 2.47. The van der Waals surface area contributed by atoms with Crippen LogP contribution in [0, 0.1) is 6.92 Å². The van der Waals surface area contributed by atoms with Gasteiger partial charge in [-0.1, -0.05) is 72.8 Å². The SMILES string of the molecule is [CH2][C@H]1O[C@@H](n2cnc3c(NC(=O)c4ccccc4)ncnc32)[C@H](OC(c2ccccc2)(c2ccc(OC)cc2)c2ccc(OC)cc2)[C@@H]1F. The van der Waals surface area contributed by atoms with Gasteiger partial charge in [0.2, 0.25) is 0 Å². The lowest BCUT2D eigenvalue weighted by atomic mass is 9.79. The van der Waals surface area contributed by atoms with E-state index in [0.29, 0.717) is 28.2 Å². The summed E-state index contributed by atoms with van der Waals surface area (Å²) < 4.78 is 42.3. The van der Waals surface area contributed by atoms with Gasteiger partial charge in [0.05, 0.1) is 26.7 Å². The number of halogens is 1. The Kier molecular flexibility index (Phi) is 8.77. The van der Waals surface area contributed by atoms with Gasteiger partial charge in [-0.3, -0.25) is 9.36 Å². The molecule has 0 bridgehead atoms. The van der Waals surface area contributed by atoms with Crippen LogP contribution < -0.4 is 14.8 Å². The zero-order chi connectivity index (χ0) is 34.0. The van der Waals surface area contributed by atoms with Gasteiger partial charge >= 0.3 is 0 Å². The monoisotopic (exact) mass is 658 g/mol. The fourth-order valence-corrected chi connectivity index (χ4v) is 6.18. The van der Waals surface area contributed by atoms with E-state index < -0.39 is 30.2 Å². The number of ether oxygens (including phenoxy) is 4. The van der Waals surface area contributed by atoms with E-state index in [1.165, 1.54) is 12.7 Å². The van der Waals surface area contributed by atoms with Crippen LogP contribution in [0.25, 0.3) is 11.2 Å². The molecule has 7 rings (SSSR count). The van der Waals surface area contributed by atoms with E-state index in [2.05, 4.69) is 27.2 Å². The molecular weight excluding hydrogens is 625 g/mol. The van der Waals surface area contributed by atoms with E-state index in [0.717, 1.165) is 16.7 Å². The van der Waals surface area contributed by atoms with E-state index in [-0.39, 0.29) is 11.7 Å². The zero-order valence-corrected chi connectivity index (χ0v) is 26.8. The number of rotatable bonds is 10. The Labute approximate surface area is 282 Å². The Balaban J connectivity index is 1.34. The summed E-state index contributed by atoms with van der Waals surface area (Å²) in [5.41, 5.74) is 1.96. The molecule has 11 heteroatoms. The van der Waals surface area contributed by atoms with Crippen molar-refractivity contribution in [1.29, 1.82) is 0 Å². The standard InChI is InChI=1S/C38H33FN5O5/c1-24-31(39)33(37(48-24)44-23-42-32-34(40-22-41-35(32)44)43-36(45)25-10-6-4-7-11-25)49-38(26-12-8-5-9-13-26,27-14-18-29(46-2)19-15-27)28-16-20-30(47-3)21-17-28/h4-24,31,33,37H,1H2,2-3H3,(H,40,41,43,45)/t24-,31-,33-,37-/m1/s1. The van der Waals surface area contributed by atoms with Crippen LogP contribution in [-0.4, -0.2) is 58.0 Å². The maximum absolute atomic E-state index is 16.5. The molecule has 247 valence electrons. The molecule has 2 aromatic heterocycles. The normalized spacial score (nSPS) is 19.1. The minimum atomic E-state index is -1.65. The van der Waals surface area contributed by atoms with Crippen molar-refractivity contribution in [3.8, 4) is 11.5 Å². The number of methoxy groups -OCH3 is 2. The van der Waals surface area contributed by atoms with Crippen LogP contribution in [0.3, 0.4) is 0 Å². The number of carbonyl (C=O) groups excluding carboxylic acids is 1. The Morgan fingerprint density at radius 2 is 1.39 bits per heavy atom. The van der Waals surface area contributed by atoms with Gasteiger partial charge in [0.15, 0.2) is 29.4 Å². The molecule has 0 saturated carbocycles. The van der Waals surface area contributed by atoms with Crippen LogP contribution in [0.1, 0.15) is 33.3 Å². The summed E-state index contributed by atoms with van der Waals surface area (Å²) in [5, 5.41) is 2.81. The molecule has 10 nitrogen and oxygen atoms in total. The van der Waals surface area contributed by atoms with Gasteiger partial charge in [-0.25, -0.2) is 19.3 Å². The molecule has 1 radical (unpaired) electrons. The molecule has 0 spiro atoms. The molecular formula is C38H33FN5O5. The summed E-state index contributed by atoms with van der Waals surface area (Å²) in [6.07, 6.45) is -2.19. The van der Waals surface area contributed by atoms with Crippen LogP contribution in [-0.2, 0) is 15.1 Å². The third kappa shape index (κ3) is 5.87. The minimum Gasteiger partial charge on any atom is -0.497 e. The van der Waals surface area contributed by atoms with Crippen LogP contribution in [0.4, 0.5) is 10.2 Å². The number of fused-ring (bicyclic) bond motifs is 1. The number of hydrogen-bond acceptors (Lipinski definition) is 8. The summed E-state index contributed by atoms with van der Waals surface area (Å²) >= 11 is 0. The first-order valence-electron chi connectivity index (χ1n) is 15.6. The molecule has 1 amide bonds. The lowest BCUT2D eigenvalue weighted by molar-refractivity contribution is -0.113. The van der Waals surface area contributed by atoms with E-state index in [9.17, 15) is 4.79 Å². The molecule has 0 aliphatic carbocycles. The third-order valence-corrected chi connectivity index (χ3v) is 8.65.